The third-order valence-corrected chi connectivity index (χ3v) is 5.31. The molecule has 0 amide bonds. The zero-order valence-electron chi connectivity index (χ0n) is 16.5. The second-order valence-corrected chi connectivity index (χ2v) is 7.30. The topological polar surface area (TPSA) is 99.4 Å². The molecule has 2 aromatic rings. The number of aliphatic hydroxyl groups is 4. The normalized spacial score (nSPS) is 27.1. The fraction of sp³-hybridized carbons (Fsp3) is 0.455. The van der Waals surface area contributed by atoms with Crippen molar-refractivity contribution in [2.24, 2.45) is 0 Å². The zero-order valence-corrected chi connectivity index (χ0v) is 16.5. The number of halogens is 1. The maximum absolute atomic E-state index is 14.5. The van der Waals surface area contributed by atoms with Gasteiger partial charge in [-0.05, 0) is 42.2 Å². The molecule has 5 atom stereocenters. The lowest BCUT2D eigenvalue weighted by Crippen LogP contribution is -2.55. The lowest BCUT2D eigenvalue weighted by Gasteiger charge is -2.40. The summed E-state index contributed by atoms with van der Waals surface area (Å²) in [7, 11) is 0. The summed E-state index contributed by atoms with van der Waals surface area (Å²) in [5, 5.41) is 39.7. The summed E-state index contributed by atoms with van der Waals surface area (Å²) in [6.07, 6.45) is -5.78. The standard InChI is InChI=1S/C22H27FO6/c1-3-28-16-7-6-13(17(23)10-16)8-15-9-14(5-4-12(15)2)22-21(27)20(26)19(25)18(11-24)29-22/h4-7,9-10,18-22,24-27H,3,8,11H2,1-2H3/t18-,19-,20+,21-,22+/m1/s1. The SMILES string of the molecule is CCOc1ccc(Cc2cc([C@@H]3O[C@H](CO)[C@@H](O)[C@H](O)[C@H]3O)ccc2C)c(F)c1. The van der Waals surface area contributed by atoms with Gasteiger partial charge in [0.1, 0.15) is 42.1 Å². The van der Waals surface area contributed by atoms with Crippen LogP contribution in [0, 0.1) is 12.7 Å². The fourth-order valence-corrected chi connectivity index (χ4v) is 3.57. The van der Waals surface area contributed by atoms with Crippen molar-refractivity contribution in [1.29, 1.82) is 0 Å². The summed E-state index contributed by atoms with van der Waals surface area (Å²) < 4.78 is 25.4. The van der Waals surface area contributed by atoms with Crippen LogP contribution in [-0.4, -0.2) is 58.1 Å². The van der Waals surface area contributed by atoms with Crippen LogP contribution in [0.3, 0.4) is 0 Å². The molecule has 0 bridgehead atoms. The number of rotatable bonds is 6. The number of hydrogen-bond acceptors (Lipinski definition) is 6. The van der Waals surface area contributed by atoms with Gasteiger partial charge in [-0.25, -0.2) is 4.39 Å². The van der Waals surface area contributed by atoms with Crippen molar-refractivity contribution in [2.75, 3.05) is 13.2 Å². The highest BCUT2D eigenvalue weighted by atomic mass is 19.1. The Labute approximate surface area is 169 Å². The van der Waals surface area contributed by atoms with Crippen LogP contribution in [0.15, 0.2) is 36.4 Å². The van der Waals surface area contributed by atoms with E-state index in [9.17, 15) is 24.8 Å². The molecular weight excluding hydrogens is 379 g/mol. The molecule has 2 aromatic carbocycles. The van der Waals surface area contributed by atoms with E-state index < -0.39 is 37.1 Å². The molecule has 1 aliphatic heterocycles. The molecule has 0 aliphatic carbocycles. The Bertz CT molecular complexity index is 840. The third-order valence-electron chi connectivity index (χ3n) is 5.31. The van der Waals surface area contributed by atoms with E-state index in [1.807, 2.05) is 19.9 Å². The lowest BCUT2D eigenvalue weighted by atomic mass is 9.89. The van der Waals surface area contributed by atoms with E-state index >= 15 is 0 Å². The van der Waals surface area contributed by atoms with Crippen molar-refractivity contribution in [3.05, 3.63) is 64.5 Å². The highest BCUT2D eigenvalue weighted by Gasteiger charge is 2.43. The van der Waals surface area contributed by atoms with E-state index in [1.54, 1.807) is 24.3 Å². The highest BCUT2D eigenvalue weighted by Crippen LogP contribution is 2.33. The van der Waals surface area contributed by atoms with Gasteiger partial charge in [-0.2, -0.15) is 0 Å². The molecule has 1 heterocycles. The van der Waals surface area contributed by atoms with E-state index in [0.717, 1.165) is 11.1 Å². The minimum atomic E-state index is -1.45. The molecule has 1 aliphatic rings. The summed E-state index contributed by atoms with van der Waals surface area (Å²) in [6.45, 7) is 3.70. The van der Waals surface area contributed by atoms with Gasteiger partial charge in [-0.15, -0.1) is 0 Å². The number of ether oxygens (including phenoxy) is 2. The first-order valence-electron chi connectivity index (χ1n) is 9.66. The van der Waals surface area contributed by atoms with Gasteiger partial charge in [-0.1, -0.05) is 24.3 Å². The van der Waals surface area contributed by atoms with Crippen LogP contribution in [0.25, 0.3) is 0 Å². The van der Waals surface area contributed by atoms with Crippen LogP contribution >= 0.6 is 0 Å². The molecule has 29 heavy (non-hydrogen) atoms. The van der Waals surface area contributed by atoms with Gasteiger partial charge >= 0.3 is 0 Å². The summed E-state index contributed by atoms with van der Waals surface area (Å²) in [6, 6.07) is 10.1. The first-order chi connectivity index (χ1) is 13.8. The minimum absolute atomic E-state index is 0.329. The van der Waals surface area contributed by atoms with E-state index in [0.29, 0.717) is 29.9 Å². The molecule has 7 heteroatoms. The van der Waals surface area contributed by atoms with E-state index in [1.165, 1.54) is 6.07 Å². The van der Waals surface area contributed by atoms with Crippen molar-refractivity contribution in [3.63, 3.8) is 0 Å². The number of aryl methyl sites for hydroxylation is 1. The van der Waals surface area contributed by atoms with Crippen LogP contribution in [0.1, 0.15) is 35.3 Å². The quantitative estimate of drug-likeness (QED) is 0.582. The van der Waals surface area contributed by atoms with Crippen LogP contribution < -0.4 is 4.74 Å². The Morgan fingerprint density at radius 1 is 1.00 bits per heavy atom. The average molecular weight is 406 g/mol. The predicted molar refractivity (Wildman–Crippen MR) is 104 cm³/mol. The van der Waals surface area contributed by atoms with E-state index in [-0.39, 0.29) is 5.82 Å². The maximum atomic E-state index is 14.5. The van der Waals surface area contributed by atoms with Gasteiger partial charge in [0.2, 0.25) is 0 Å². The first kappa shape index (κ1) is 21.7. The third kappa shape index (κ3) is 4.60. The highest BCUT2D eigenvalue weighted by molar-refractivity contribution is 5.39. The van der Waals surface area contributed by atoms with Crippen molar-refractivity contribution < 1.29 is 34.3 Å². The largest absolute Gasteiger partial charge is 0.494 e. The van der Waals surface area contributed by atoms with Crippen LogP contribution in [0.4, 0.5) is 4.39 Å². The molecule has 0 radical (unpaired) electrons. The molecule has 158 valence electrons. The van der Waals surface area contributed by atoms with Crippen molar-refractivity contribution in [1.82, 2.24) is 0 Å². The Hall–Kier alpha value is -2.03. The zero-order chi connectivity index (χ0) is 21.1. The Kier molecular flexibility index (Phi) is 6.87. The molecule has 0 spiro atoms. The van der Waals surface area contributed by atoms with Crippen LogP contribution in [-0.2, 0) is 11.2 Å². The Morgan fingerprint density at radius 3 is 2.41 bits per heavy atom. The summed E-state index contributed by atoms with van der Waals surface area (Å²) in [5.41, 5.74) is 2.85. The first-order valence-corrected chi connectivity index (χ1v) is 9.66. The molecule has 1 saturated heterocycles. The van der Waals surface area contributed by atoms with Gasteiger partial charge in [0.05, 0.1) is 13.2 Å². The smallest absolute Gasteiger partial charge is 0.130 e. The lowest BCUT2D eigenvalue weighted by molar-refractivity contribution is -0.231. The number of hydrogen-bond donors (Lipinski definition) is 4. The number of benzene rings is 2. The second-order valence-electron chi connectivity index (χ2n) is 7.30. The summed E-state index contributed by atoms with van der Waals surface area (Å²) in [5.74, 6) is 0.106. The Morgan fingerprint density at radius 2 is 1.76 bits per heavy atom. The average Bonchev–Trinajstić information content (AvgIpc) is 2.70. The maximum Gasteiger partial charge on any atom is 0.130 e. The van der Waals surface area contributed by atoms with Gasteiger partial charge in [0.25, 0.3) is 0 Å². The van der Waals surface area contributed by atoms with Crippen molar-refractivity contribution in [2.45, 2.75) is 50.8 Å². The molecular formula is C22H27FO6. The molecule has 3 rings (SSSR count). The van der Waals surface area contributed by atoms with E-state index in [2.05, 4.69) is 0 Å². The Balaban J connectivity index is 1.87. The molecule has 0 aromatic heterocycles. The molecule has 4 N–H and O–H groups in total. The van der Waals surface area contributed by atoms with E-state index in [4.69, 9.17) is 9.47 Å². The minimum Gasteiger partial charge on any atom is -0.494 e. The predicted octanol–water partition coefficient (Wildman–Crippen LogP) is 1.64. The van der Waals surface area contributed by atoms with Crippen molar-refractivity contribution in [3.8, 4) is 5.75 Å². The summed E-state index contributed by atoms with van der Waals surface area (Å²) in [4.78, 5) is 0. The molecule has 6 nitrogen and oxygen atoms in total. The monoisotopic (exact) mass is 406 g/mol. The van der Waals surface area contributed by atoms with Crippen LogP contribution in [0.5, 0.6) is 5.75 Å². The fourth-order valence-electron chi connectivity index (χ4n) is 3.57. The second kappa shape index (κ2) is 9.19. The molecule has 1 fully saturated rings. The summed E-state index contributed by atoms with van der Waals surface area (Å²) >= 11 is 0. The van der Waals surface area contributed by atoms with Crippen LogP contribution in [0.2, 0.25) is 0 Å². The molecule has 0 unspecified atom stereocenters. The van der Waals surface area contributed by atoms with Gasteiger partial charge in [-0.3, -0.25) is 0 Å². The number of aliphatic hydroxyl groups excluding tert-OH is 4. The van der Waals surface area contributed by atoms with Crippen molar-refractivity contribution >= 4 is 0 Å². The molecule has 0 saturated carbocycles. The van der Waals surface area contributed by atoms with Gasteiger partial charge in [0, 0.05) is 12.5 Å². The van der Waals surface area contributed by atoms with Gasteiger partial charge < -0.3 is 29.9 Å². The van der Waals surface area contributed by atoms with Gasteiger partial charge in [0.15, 0.2) is 0 Å².